The molecule has 2 heteroatoms. The van der Waals surface area contributed by atoms with Crippen molar-refractivity contribution in [2.75, 3.05) is 6.54 Å². The Kier molecular flexibility index (Phi) is 6.72. The van der Waals surface area contributed by atoms with E-state index >= 15 is 0 Å². The highest BCUT2D eigenvalue weighted by molar-refractivity contribution is 5.20. The van der Waals surface area contributed by atoms with E-state index in [-0.39, 0.29) is 6.10 Å². The lowest BCUT2D eigenvalue weighted by molar-refractivity contribution is 0.134. The molecule has 1 aliphatic rings. The zero-order valence-corrected chi connectivity index (χ0v) is 13.6. The van der Waals surface area contributed by atoms with Gasteiger partial charge in [-0.05, 0) is 36.7 Å². The second-order valence-corrected chi connectivity index (χ2v) is 6.98. The van der Waals surface area contributed by atoms with Crippen LogP contribution in [-0.4, -0.2) is 17.8 Å². The predicted octanol–water partition coefficient (Wildman–Crippen LogP) is 4.30. The average Bonchev–Trinajstić information content (AvgIpc) is 2.49. The summed E-state index contributed by atoms with van der Waals surface area (Å²) in [5.74, 6) is 1.26. The van der Waals surface area contributed by atoms with Crippen molar-refractivity contribution in [2.45, 2.75) is 64.5 Å². The van der Waals surface area contributed by atoms with Crippen LogP contribution in [0.3, 0.4) is 0 Å². The van der Waals surface area contributed by atoms with Crippen molar-refractivity contribution in [3.8, 4) is 0 Å². The Bertz CT molecular complexity index is 384. The van der Waals surface area contributed by atoms with Crippen molar-refractivity contribution < 1.29 is 5.11 Å². The molecule has 2 unspecified atom stereocenters. The molecule has 0 aromatic heterocycles. The van der Waals surface area contributed by atoms with E-state index in [0.717, 1.165) is 6.42 Å². The number of nitrogens with one attached hydrogen (secondary N) is 1. The van der Waals surface area contributed by atoms with Crippen molar-refractivity contribution in [2.24, 2.45) is 11.8 Å². The fourth-order valence-corrected chi connectivity index (χ4v) is 3.58. The summed E-state index contributed by atoms with van der Waals surface area (Å²) in [6.45, 7) is 5.03. The van der Waals surface area contributed by atoms with Crippen LogP contribution in [0.2, 0.25) is 0 Å². The van der Waals surface area contributed by atoms with E-state index in [4.69, 9.17) is 0 Å². The lowest BCUT2D eigenvalue weighted by Crippen LogP contribution is -2.35. The molecule has 0 saturated heterocycles. The van der Waals surface area contributed by atoms with Crippen molar-refractivity contribution >= 4 is 0 Å². The Morgan fingerprint density at radius 1 is 1.10 bits per heavy atom. The van der Waals surface area contributed by atoms with Gasteiger partial charge in [0.05, 0.1) is 6.10 Å². The van der Waals surface area contributed by atoms with E-state index in [1.165, 1.54) is 37.7 Å². The molecule has 0 bridgehead atoms. The first-order valence-corrected chi connectivity index (χ1v) is 8.63. The minimum atomic E-state index is -0.236. The molecule has 21 heavy (non-hydrogen) atoms. The molecule has 0 radical (unpaired) electrons. The molecule has 1 aromatic carbocycles. The molecular weight excluding hydrogens is 258 g/mol. The van der Waals surface area contributed by atoms with E-state index in [0.29, 0.717) is 24.4 Å². The molecular formula is C19H31NO. The Morgan fingerprint density at radius 2 is 1.76 bits per heavy atom. The fourth-order valence-electron chi connectivity index (χ4n) is 3.58. The Balaban J connectivity index is 1.98. The molecule has 1 fully saturated rings. The van der Waals surface area contributed by atoms with Gasteiger partial charge in [0.15, 0.2) is 0 Å². The van der Waals surface area contributed by atoms with Gasteiger partial charge in [0.25, 0.3) is 0 Å². The van der Waals surface area contributed by atoms with Gasteiger partial charge in [0, 0.05) is 12.6 Å². The Labute approximate surface area is 130 Å². The van der Waals surface area contributed by atoms with Crippen molar-refractivity contribution in [1.29, 1.82) is 0 Å². The van der Waals surface area contributed by atoms with Crippen LogP contribution in [0.15, 0.2) is 30.3 Å². The van der Waals surface area contributed by atoms with Gasteiger partial charge in [-0.3, -0.25) is 0 Å². The standard InChI is InChI=1S/C19H31NO/c1-15(2)13-18(21)14-20-19(16-9-5-3-6-10-16)17-11-7-4-8-12-17/h3,5-6,9-10,15,17-21H,4,7-8,11-14H2,1-2H3. The SMILES string of the molecule is CC(C)CC(O)CNC(c1ccccc1)C1CCCCC1. The van der Waals surface area contributed by atoms with E-state index < -0.39 is 0 Å². The molecule has 0 heterocycles. The molecule has 2 nitrogen and oxygen atoms in total. The molecule has 0 aliphatic heterocycles. The first-order valence-electron chi connectivity index (χ1n) is 8.63. The maximum absolute atomic E-state index is 10.2. The molecule has 2 atom stereocenters. The largest absolute Gasteiger partial charge is 0.392 e. The molecule has 0 amide bonds. The summed E-state index contributed by atoms with van der Waals surface area (Å²) in [4.78, 5) is 0. The predicted molar refractivity (Wildman–Crippen MR) is 89.2 cm³/mol. The summed E-state index contributed by atoms with van der Waals surface area (Å²) >= 11 is 0. The minimum Gasteiger partial charge on any atom is -0.392 e. The summed E-state index contributed by atoms with van der Waals surface area (Å²) in [7, 11) is 0. The van der Waals surface area contributed by atoms with E-state index in [2.05, 4.69) is 49.5 Å². The minimum absolute atomic E-state index is 0.236. The Hall–Kier alpha value is -0.860. The Morgan fingerprint density at radius 3 is 2.38 bits per heavy atom. The van der Waals surface area contributed by atoms with Crippen LogP contribution in [0.4, 0.5) is 0 Å². The zero-order valence-electron chi connectivity index (χ0n) is 13.6. The number of rotatable bonds is 7. The fraction of sp³-hybridized carbons (Fsp3) is 0.684. The van der Waals surface area contributed by atoms with Gasteiger partial charge in [-0.1, -0.05) is 63.4 Å². The quantitative estimate of drug-likeness (QED) is 0.784. The molecule has 2 rings (SSSR count). The summed E-state index contributed by atoms with van der Waals surface area (Å²) < 4.78 is 0. The van der Waals surface area contributed by atoms with Gasteiger partial charge in [-0.25, -0.2) is 0 Å². The molecule has 2 N–H and O–H groups in total. The van der Waals surface area contributed by atoms with Gasteiger partial charge in [-0.2, -0.15) is 0 Å². The van der Waals surface area contributed by atoms with Crippen molar-refractivity contribution in [1.82, 2.24) is 5.32 Å². The number of benzene rings is 1. The molecule has 1 saturated carbocycles. The van der Waals surface area contributed by atoms with E-state index in [1.54, 1.807) is 0 Å². The van der Waals surface area contributed by atoms with Crippen molar-refractivity contribution in [3.05, 3.63) is 35.9 Å². The summed E-state index contributed by atoms with van der Waals surface area (Å²) in [6, 6.07) is 11.2. The zero-order chi connectivity index (χ0) is 15.1. The number of hydrogen-bond donors (Lipinski definition) is 2. The summed E-state index contributed by atoms with van der Waals surface area (Å²) in [6.07, 6.45) is 7.35. The van der Waals surface area contributed by atoms with Crippen LogP contribution in [0, 0.1) is 11.8 Å². The van der Waals surface area contributed by atoms with Crippen molar-refractivity contribution in [3.63, 3.8) is 0 Å². The van der Waals surface area contributed by atoms with Gasteiger partial charge in [0.1, 0.15) is 0 Å². The van der Waals surface area contributed by atoms with Crippen LogP contribution in [0.5, 0.6) is 0 Å². The molecule has 0 spiro atoms. The molecule has 1 aromatic rings. The van der Waals surface area contributed by atoms with Crippen LogP contribution in [0.25, 0.3) is 0 Å². The monoisotopic (exact) mass is 289 g/mol. The first-order chi connectivity index (χ1) is 10.2. The highest BCUT2D eigenvalue weighted by Gasteiger charge is 2.25. The third kappa shape index (κ3) is 5.44. The third-order valence-corrected chi connectivity index (χ3v) is 4.60. The second kappa shape index (κ2) is 8.55. The second-order valence-electron chi connectivity index (χ2n) is 6.98. The number of hydrogen-bond acceptors (Lipinski definition) is 2. The lowest BCUT2D eigenvalue weighted by Gasteiger charge is -2.32. The molecule has 118 valence electrons. The van der Waals surface area contributed by atoms with E-state index in [9.17, 15) is 5.11 Å². The summed E-state index contributed by atoms with van der Waals surface area (Å²) in [5.41, 5.74) is 1.38. The maximum atomic E-state index is 10.2. The van der Waals surface area contributed by atoms with Gasteiger partial charge in [-0.15, -0.1) is 0 Å². The number of aliphatic hydroxyl groups excluding tert-OH is 1. The van der Waals surface area contributed by atoms with Crippen LogP contribution >= 0.6 is 0 Å². The average molecular weight is 289 g/mol. The van der Waals surface area contributed by atoms with Crippen LogP contribution in [0.1, 0.15) is 64.0 Å². The smallest absolute Gasteiger partial charge is 0.0667 e. The van der Waals surface area contributed by atoms with Gasteiger partial charge < -0.3 is 10.4 Å². The van der Waals surface area contributed by atoms with Gasteiger partial charge in [0.2, 0.25) is 0 Å². The van der Waals surface area contributed by atoms with Crippen LogP contribution < -0.4 is 5.32 Å². The topological polar surface area (TPSA) is 32.3 Å². The normalized spacial score (nSPS) is 19.6. The highest BCUT2D eigenvalue weighted by Crippen LogP contribution is 2.34. The third-order valence-electron chi connectivity index (χ3n) is 4.60. The highest BCUT2D eigenvalue weighted by atomic mass is 16.3. The van der Waals surface area contributed by atoms with E-state index in [1.807, 2.05) is 0 Å². The summed E-state index contributed by atoms with van der Waals surface area (Å²) in [5, 5.41) is 13.8. The van der Waals surface area contributed by atoms with Crippen LogP contribution in [-0.2, 0) is 0 Å². The lowest BCUT2D eigenvalue weighted by atomic mass is 9.81. The first kappa shape index (κ1) is 16.5. The number of aliphatic hydroxyl groups is 1. The van der Waals surface area contributed by atoms with Gasteiger partial charge >= 0.3 is 0 Å². The molecule has 1 aliphatic carbocycles. The maximum Gasteiger partial charge on any atom is 0.0667 e.